The van der Waals surface area contributed by atoms with Crippen LogP contribution in [0.2, 0.25) is 0 Å². The first-order valence-corrected chi connectivity index (χ1v) is 11.3. The summed E-state index contributed by atoms with van der Waals surface area (Å²) < 4.78 is 27.3. The largest absolute Gasteiger partial charge is 0.492 e. The number of carbonyl (C=O) groups excluding carboxylic acids is 1. The van der Waals surface area contributed by atoms with Crippen LogP contribution in [0.3, 0.4) is 0 Å². The Bertz CT molecular complexity index is 1230. The second kappa shape index (κ2) is 10.8. The van der Waals surface area contributed by atoms with Gasteiger partial charge in [0.2, 0.25) is 0 Å². The van der Waals surface area contributed by atoms with Crippen molar-refractivity contribution in [3.05, 3.63) is 96.1 Å². The van der Waals surface area contributed by atoms with Crippen LogP contribution in [0.1, 0.15) is 23.1 Å². The Morgan fingerprint density at radius 3 is 2.36 bits per heavy atom. The van der Waals surface area contributed by atoms with Crippen LogP contribution in [0, 0.1) is 5.82 Å². The van der Waals surface area contributed by atoms with Crippen LogP contribution < -0.4 is 9.47 Å². The fraction of sp³-hybridized carbons (Fsp3) is 0.160. The van der Waals surface area contributed by atoms with E-state index in [1.807, 2.05) is 47.0 Å². The van der Waals surface area contributed by atoms with Crippen LogP contribution in [0.15, 0.2) is 84.0 Å². The smallest absolute Gasteiger partial charge is 0.196 e. The molecule has 0 aliphatic carbocycles. The van der Waals surface area contributed by atoms with E-state index in [0.717, 1.165) is 5.69 Å². The molecule has 3 aromatic carbocycles. The molecule has 1 heterocycles. The fourth-order valence-electron chi connectivity index (χ4n) is 3.20. The lowest BCUT2D eigenvalue weighted by Crippen LogP contribution is -2.08. The van der Waals surface area contributed by atoms with E-state index in [1.165, 1.54) is 24.8 Å². The quantitative estimate of drug-likeness (QED) is 0.179. The third kappa shape index (κ3) is 5.59. The average molecular weight is 464 g/mol. The van der Waals surface area contributed by atoms with Gasteiger partial charge in [-0.1, -0.05) is 54.2 Å². The number of hydrogen-bond acceptors (Lipinski definition) is 6. The fourth-order valence-corrected chi connectivity index (χ4v) is 3.98. The summed E-state index contributed by atoms with van der Waals surface area (Å²) in [6.07, 6.45) is 0. The number of para-hydroxylation sites is 3. The molecule has 4 rings (SSSR count). The van der Waals surface area contributed by atoms with E-state index in [1.54, 1.807) is 30.3 Å². The van der Waals surface area contributed by atoms with Crippen molar-refractivity contribution in [3.8, 4) is 17.2 Å². The molecule has 33 heavy (non-hydrogen) atoms. The van der Waals surface area contributed by atoms with E-state index in [4.69, 9.17) is 9.47 Å². The summed E-state index contributed by atoms with van der Waals surface area (Å²) >= 11 is 1.47. The molecule has 6 nitrogen and oxygen atoms in total. The lowest BCUT2D eigenvalue weighted by molar-refractivity contribution is 0.101. The first kappa shape index (κ1) is 22.5. The van der Waals surface area contributed by atoms with Gasteiger partial charge in [-0.2, -0.15) is 0 Å². The Morgan fingerprint density at radius 2 is 1.61 bits per heavy atom. The summed E-state index contributed by atoms with van der Waals surface area (Å²) in [7, 11) is 0. The molecule has 0 saturated heterocycles. The highest BCUT2D eigenvalue weighted by atomic mass is 32.2. The molecule has 8 heteroatoms. The number of ketones is 1. The van der Waals surface area contributed by atoms with Gasteiger partial charge < -0.3 is 9.47 Å². The molecule has 0 radical (unpaired) electrons. The molecule has 0 saturated carbocycles. The molecule has 4 aromatic rings. The summed E-state index contributed by atoms with van der Waals surface area (Å²) in [5.41, 5.74) is 1.43. The van der Waals surface area contributed by atoms with Crippen LogP contribution in [0.4, 0.5) is 4.39 Å². The zero-order valence-electron chi connectivity index (χ0n) is 18.0. The van der Waals surface area contributed by atoms with Gasteiger partial charge in [-0.3, -0.25) is 9.36 Å². The van der Waals surface area contributed by atoms with Gasteiger partial charge in [0.05, 0.1) is 12.2 Å². The molecule has 0 aliphatic heterocycles. The van der Waals surface area contributed by atoms with Crippen molar-refractivity contribution in [3.63, 3.8) is 0 Å². The molecular formula is C25H22FN3O3S. The van der Waals surface area contributed by atoms with E-state index < -0.39 is 5.82 Å². The minimum absolute atomic E-state index is 0.0402. The summed E-state index contributed by atoms with van der Waals surface area (Å²) in [5, 5.41) is 9.24. The maximum Gasteiger partial charge on any atom is 0.196 e. The minimum Gasteiger partial charge on any atom is -0.492 e. The van der Waals surface area contributed by atoms with E-state index in [9.17, 15) is 9.18 Å². The van der Waals surface area contributed by atoms with Crippen molar-refractivity contribution < 1.29 is 18.7 Å². The van der Waals surface area contributed by atoms with Crippen molar-refractivity contribution in [2.24, 2.45) is 0 Å². The first-order chi connectivity index (χ1) is 16.1. The number of nitrogens with zero attached hydrogens (tertiary/aromatic N) is 3. The molecule has 1 aromatic heterocycles. The minimum atomic E-state index is -0.430. The monoisotopic (exact) mass is 463 g/mol. The van der Waals surface area contributed by atoms with Gasteiger partial charge in [-0.05, 0) is 43.3 Å². The van der Waals surface area contributed by atoms with Crippen molar-refractivity contribution in [1.29, 1.82) is 0 Å². The van der Waals surface area contributed by atoms with Crippen LogP contribution in [-0.4, -0.2) is 32.9 Å². The van der Waals surface area contributed by atoms with Gasteiger partial charge in [0, 0.05) is 11.4 Å². The predicted molar refractivity (Wildman–Crippen MR) is 125 cm³/mol. The molecule has 0 unspecified atom stereocenters. The molecule has 0 amide bonds. The molecule has 0 atom stereocenters. The number of Topliss-reactive ketones (excluding diaryl/α,β-unsaturated/α-hetero) is 1. The lowest BCUT2D eigenvalue weighted by atomic mass is 10.1. The van der Waals surface area contributed by atoms with Crippen molar-refractivity contribution >= 4 is 17.5 Å². The van der Waals surface area contributed by atoms with Crippen LogP contribution in [0.25, 0.3) is 5.69 Å². The highest BCUT2D eigenvalue weighted by molar-refractivity contribution is 7.99. The predicted octanol–water partition coefficient (Wildman–Crippen LogP) is 5.36. The Labute approximate surface area is 195 Å². The molecule has 168 valence electrons. The number of benzene rings is 3. The van der Waals surface area contributed by atoms with Gasteiger partial charge in [0.15, 0.2) is 28.3 Å². The molecule has 0 spiro atoms. The Morgan fingerprint density at radius 1 is 0.909 bits per heavy atom. The second-order valence-electron chi connectivity index (χ2n) is 7.04. The van der Waals surface area contributed by atoms with Gasteiger partial charge in [-0.25, -0.2) is 4.39 Å². The van der Waals surface area contributed by atoms with E-state index in [2.05, 4.69) is 10.2 Å². The van der Waals surface area contributed by atoms with Crippen LogP contribution in [0.5, 0.6) is 11.5 Å². The van der Waals surface area contributed by atoms with Crippen molar-refractivity contribution in [1.82, 2.24) is 14.8 Å². The Hall–Kier alpha value is -3.65. The first-order valence-electron chi connectivity index (χ1n) is 10.4. The molecule has 0 aliphatic rings. The van der Waals surface area contributed by atoms with E-state index >= 15 is 0 Å². The normalized spacial score (nSPS) is 10.7. The third-order valence-corrected chi connectivity index (χ3v) is 5.64. The zero-order chi connectivity index (χ0) is 23.0. The number of hydrogen-bond donors (Lipinski definition) is 0. The number of halogens is 1. The summed E-state index contributed by atoms with van der Waals surface area (Å²) in [6.45, 7) is 1.97. The van der Waals surface area contributed by atoms with Gasteiger partial charge in [0.25, 0.3) is 0 Å². The molecule has 0 N–H and O–H groups in total. The van der Waals surface area contributed by atoms with E-state index in [-0.39, 0.29) is 18.1 Å². The number of aromatic nitrogens is 3. The van der Waals surface area contributed by atoms with Crippen LogP contribution >= 0.6 is 11.8 Å². The SMILES string of the molecule is CC(=O)c1ccccc1OCCSc1nnc(COc2ccccc2F)n1-c1ccccc1. The highest BCUT2D eigenvalue weighted by Gasteiger charge is 2.16. The summed E-state index contributed by atoms with van der Waals surface area (Å²) in [5.74, 6) is 1.39. The summed E-state index contributed by atoms with van der Waals surface area (Å²) in [4.78, 5) is 11.8. The van der Waals surface area contributed by atoms with E-state index in [0.29, 0.717) is 34.7 Å². The highest BCUT2D eigenvalue weighted by Crippen LogP contribution is 2.25. The number of carbonyl (C=O) groups is 1. The molecule has 0 bridgehead atoms. The molecular weight excluding hydrogens is 441 g/mol. The maximum atomic E-state index is 13.9. The topological polar surface area (TPSA) is 66.2 Å². The van der Waals surface area contributed by atoms with Crippen LogP contribution in [-0.2, 0) is 6.61 Å². The summed E-state index contributed by atoms with van der Waals surface area (Å²) in [6, 6.07) is 23.1. The number of ether oxygens (including phenoxy) is 2. The maximum absolute atomic E-state index is 13.9. The van der Waals surface area contributed by atoms with Crippen molar-refractivity contribution in [2.75, 3.05) is 12.4 Å². The molecule has 0 fully saturated rings. The van der Waals surface area contributed by atoms with Gasteiger partial charge in [0.1, 0.15) is 12.4 Å². The average Bonchev–Trinajstić information content (AvgIpc) is 3.24. The standard InChI is InChI=1S/C25H22FN3O3S/c1-18(30)20-11-5-7-13-22(20)31-15-16-33-25-28-27-24(29(25)19-9-3-2-4-10-19)17-32-23-14-8-6-12-21(23)26/h2-14H,15-17H2,1H3. The van der Waals surface area contributed by atoms with Gasteiger partial charge in [-0.15, -0.1) is 10.2 Å². The third-order valence-electron chi connectivity index (χ3n) is 4.75. The number of rotatable bonds is 10. The van der Waals surface area contributed by atoms with Gasteiger partial charge >= 0.3 is 0 Å². The zero-order valence-corrected chi connectivity index (χ0v) is 18.8. The Kier molecular flexibility index (Phi) is 7.36. The number of thioether (sulfide) groups is 1. The Balaban J connectivity index is 1.47. The lowest BCUT2D eigenvalue weighted by Gasteiger charge is -2.12. The second-order valence-corrected chi connectivity index (χ2v) is 8.10. The van der Waals surface area contributed by atoms with Crippen molar-refractivity contribution in [2.45, 2.75) is 18.7 Å².